The largest absolute Gasteiger partial charge is 0.486 e. The molecule has 0 aliphatic carbocycles. The fourth-order valence-electron chi connectivity index (χ4n) is 1.92. The zero-order chi connectivity index (χ0) is 12.4. The van der Waals surface area contributed by atoms with Crippen molar-refractivity contribution in [2.24, 2.45) is 0 Å². The van der Waals surface area contributed by atoms with E-state index in [1.807, 2.05) is 12.1 Å². The van der Waals surface area contributed by atoms with Crippen LogP contribution < -0.4 is 14.8 Å². The van der Waals surface area contributed by atoms with Crippen molar-refractivity contribution in [3.05, 3.63) is 12.1 Å². The van der Waals surface area contributed by atoms with Crippen molar-refractivity contribution in [1.82, 2.24) is 9.97 Å². The minimum atomic E-state index is 0.170. The van der Waals surface area contributed by atoms with E-state index >= 15 is 0 Å². The summed E-state index contributed by atoms with van der Waals surface area (Å²) in [5.41, 5.74) is 1.75. The molecule has 3 N–H and O–H groups in total. The number of aliphatic hydroxyl groups excluding tert-OH is 1. The molecule has 18 heavy (non-hydrogen) atoms. The van der Waals surface area contributed by atoms with Crippen molar-refractivity contribution >= 4 is 17.0 Å². The fourth-order valence-corrected chi connectivity index (χ4v) is 1.92. The lowest BCUT2D eigenvalue weighted by Crippen LogP contribution is -2.15. The molecule has 2 heterocycles. The molecule has 0 amide bonds. The van der Waals surface area contributed by atoms with Gasteiger partial charge in [0, 0.05) is 25.3 Å². The summed E-state index contributed by atoms with van der Waals surface area (Å²) in [6.07, 6.45) is 0.694. The van der Waals surface area contributed by atoms with Gasteiger partial charge in [-0.1, -0.05) is 0 Å². The number of ether oxygens (including phenoxy) is 2. The van der Waals surface area contributed by atoms with Crippen LogP contribution in [0.1, 0.15) is 6.42 Å². The highest BCUT2D eigenvalue weighted by Gasteiger charge is 2.14. The summed E-state index contributed by atoms with van der Waals surface area (Å²) in [4.78, 5) is 7.57. The number of aliphatic hydroxyl groups is 1. The Bertz CT molecular complexity index is 510. The smallest absolute Gasteiger partial charge is 0.201 e. The van der Waals surface area contributed by atoms with E-state index in [4.69, 9.17) is 14.6 Å². The summed E-state index contributed by atoms with van der Waals surface area (Å²) in [5.74, 6) is 2.18. The van der Waals surface area contributed by atoms with Gasteiger partial charge >= 0.3 is 0 Å². The normalized spacial score (nSPS) is 13.8. The number of H-pyrrole nitrogens is 1. The van der Waals surface area contributed by atoms with Gasteiger partial charge in [0.25, 0.3) is 0 Å². The summed E-state index contributed by atoms with van der Waals surface area (Å²) in [5, 5.41) is 11.8. The van der Waals surface area contributed by atoms with Gasteiger partial charge in [-0.05, 0) is 6.42 Å². The van der Waals surface area contributed by atoms with Crippen LogP contribution in [-0.2, 0) is 0 Å². The Morgan fingerprint density at radius 1 is 1.28 bits per heavy atom. The molecule has 2 aromatic rings. The van der Waals surface area contributed by atoms with Gasteiger partial charge in [-0.3, -0.25) is 0 Å². The van der Waals surface area contributed by atoms with Crippen LogP contribution in [-0.4, -0.2) is 41.4 Å². The van der Waals surface area contributed by atoms with E-state index in [1.54, 1.807) is 0 Å². The van der Waals surface area contributed by atoms with Crippen LogP contribution in [0.5, 0.6) is 11.5 Å². The Morgan fingerprint density at radius 3 is 2.83 bits per heavy atom. The molecular formula is C12H15N3O3. The predicted molar refractivity (Wildman–Crippen MR) is 67.3 cm³/mol. The van der Waals surface area contributed by atoms with Crippen molar-refractivity contribution in [3.8, 4) is 11.5 Å². The van der Waals surface area contributed by atoms with Gasteiger partial charge in [-0.15, -0.1) is 0 Å². The van der Waals surface area contributed by atoms with Crippen LogP contribution in [0.3, 0.4) is 0 Å². The molecule has 0 saturated heterocycles. The Morgan fingerprint density at radius 2 is 2.06 bits per heavy atom. The third-order valence-corrected chi connectivity index (χ3v) is 2.77. The maximum absolute atomic E-state index is 8.72. The number of imidazole rings is 1. The fraction of sp³-hybridized carbons (Fsp3) is 0.417. The molecule has 1 aromatic carbocycles. The molecule has 96 valence electrons. The van der Waals surface area contributed by atoms with E-state index in [-0.39, 0.29) is 6.61 Å². The molecule has 0 fully saturated rings. The van der Waals surface area contributed by atoms with E-state index in [0.717, 1.165) is 22.5 Å². The van der Waals surface area contributed by atoms with Crippen molar-refractivity contribution in [2.75, 3.05) is 31.7 Å². The second-order valence-electron chi connectivity index (χ2n) is 4.10. The third-order valence-electron chi connectivity index (χ3n) is 2.77. The number of fused-ring (bicyclic) bond motifs is 2. The van der Waals surface area contributed by atoms with Gasteiger partial charge < -0.3 is 24.9 Å². The van der Waals surface area contributed by atoms with Crippen LogP contribution in [0.4, 0.5) is 5.95 Å². The average molecular weight is 249 g/mol. The van der Waals surface area contributed by atoms with Gasteiger partial charge in [0.2, 0.25) is 5.95 Å². The summed E-state index contributed by atoms with van der Waals surface area (Å²) < 4.78 is 11.0. The molecule has 1 aromatic heterocycles. The number of hydrogen-bond donors (Lipinski definition) is 3. The zero-order valence-electron chi connectivity index (χ0n) is 9.90. The van der Waals surface area contributed by atoms with Gasteiger partial charge in [-0.25, -0.2) is 4.98 Å². The molecular weight excluding hydrogens is 234 g/mol. The minimum Gasteiger partial charge on any atom is -0.486 e. The summed E-state index contributed by atoms with van der Waals surface area (Å²) >= 11 is 0. The van der Waals surface area contributed by atoms with Crippen LogP contribution in [0, 0.1) is 0 Å². The lowest BCUT2D eigenvalue weighted by Gasteiger charge is -2.17. The summed E-state index contributed by atoms with van der Waals surface area (Å²) in [6.45, 7) is 2.00. The number of aromatic amines is 1. The van der Waals surface area contributed by atoms with Crippen LogP contribution in [0.15, 0.2) is 12.1 Å². The standard InChI is InChI=1S/C12H15N3O3/c16-3-1-2-13-12-14-8-6-10-11(7-9(8)15-12)18-5-4-17-10/h6-7,16H,1-5H2,(H2,13,14,15). The number of anilines is 1. The van der Waals surface area contributed by atoms with Crippen molar-refractivity contribution in [3.63, 3.8) is 0 Å². The highest BCUT2D eigenvalue weighted by molar-refractivity contribution is 5.81. The predicted octanol–water partition coefficient (Wildman–Crippen LogP) is 1.13. The lowest BCUT2D eigenvalue weighted by molar-refractivity contribution is 0.172. The number of aromatic nitrogens is 2. The molecule has 0 bridgehead atoms. The summed E-state index contributed by atoms with van der Waals surface area (Å²) in [7, 11) is 0. The SMILES string of the molecule is OCCCNc1nc2cc3c(cc2[nH]1)OCCO3. The number of benzene rings is 1. The first-order chi connectivity index (χ1) is 8.86. The Labute approximate surface area is 104 Å². The Hall–Kier alpha value is -1.95. The van der Waals surface area contributed by atoms with Crippen LogP contribution in [0.2, 0.25) is 0 Å². The maximum Gasteiger partial charge on any atom is 0.201 e. The van der Waals surface area contributed by atoms with E-state index in [2.05, 4.69) is 15.3 Å². The Kier molecular flexibility index (Phi) is 2.93. The monoisotopic (exact) mass is 249 g/mol. The average Bonchev–Trinajstić information content (AvgIpc) is 2.77. The first kappa shape index (κ1) is 11.2. The third kappa shape index (κ3) is 2.06. The van der Waals surface area contributed by atoms with Crippen molar-refractivity contribution in [2.45, 2.75) is 6.42 Å². The molecule has 6 nitrogen and oxygen atoms in total. The van der Waals surface area contributed by atoms with E-state index < -0.39 is 0 Å². The molecule has 1 aliphatic rings. The molecule has 0 unspecified atom stereocenters. The molecule has 6 heteroatoms. The van der Waals surface area contributed by atoms with Crippen LogP contribution >= 0.6 is 0 Å². The minimum absolute atomic E-state index is 0.170. The molecule has 1 aliphatic heterocycles. The number of rotatable bonds is 4. The second-order valence-corrected chi connectivity index (χ2v) is 4.10. The molecule has 0 saturated carbocycles. The number of nitrogens with zero attached hydrogens (tertiary/aromatic N) is 1. The molecule has 0 atom stereocenters. The number of hydrogen-bond acceptors (Lipinski definition) is 5. The highest BCUT2D eigenvalue weighted by atomic mass is 16.6. The zero-order valence-corrected chi connectivity index (χ0v) is 9.90. The van der Waals surface area contributed by atoms with E-state index in [9.17, 15) is 0 Å². The highest BCUT2D eigenvalue weighted by Crippen LogP contribution is 2.34. The quantitative estimate of drug-likeness (QED) is 0.708. The molecule has 0 radical (unpaired) electrons. The maximum atomic E-state index is 8.72. The van der Waals surface area contributed by atoms with E-state index in [1.165, 1.54) is 0 Å². The Balaban J connectivity index is 1.87. The first-order valence-corrected chi connectivity index (χ1v) is 6.01. The van der Waals surface area contributed by atoms with Gasteiger partial charge in [0.1, 0.15) is 13.2 Å². The number of nitrogens with one attached hydrogen (secondary N) is 2. The van der Waals surface area contributed by atoms with Crippen molar-refractivity contribution < 1.29 is 14.6 Å². The topological polar surface area (TPSA) is 79.4 Å². The van der Waals surface area contributed by atoms with E-state index in [0.29, 0.717) is 32.1 Å². The van der Waals surface area contributed by atoms with Crippen molar-refractivity contribution in [1.29, 1.82) is 0 Å². The first-order valence-electron chi connectivity index (χ1n) is 6.01. The lowest BCUT2D eigenvalue weighted by atomic mass is 10.2. The van der Waals surface area contributed by atoms with Gasteiger partial charge in [-0.2, -0.15) is 0 Å². The summed E-state index contributed by atoms with van der Waals surface area (Å²) in [6, 6.07) is 3.77. The van der Waals surface area contributed by atoms with Gasteiger partial charge in [0.15, 0.2) is 11.5 Å². The molecule has 3 rings (SSSR count). The molecule has 0 spiro atoms. The van der Waals surface area contributed by atoms with Gasteiger partial charge in [0.05, 0.1) is 11.0 Å². The van der Waals surface area contributed by atoms with Crippen LogP contribution in [0.25, 0.3) is 11.0 Å². The second kappa shape index (κ2) is 4.73.